The third-order valence-corrected chi connectivity index (χ3v) is 1.03. The van der Waals surface area contributed by atoms with Crippen LogP contribution in [0.25, 0.3) is 0 Å². The molecule has 0 atom stereocenters. The Bertz CT molecular complexity index is 169. The quantitative estimate of drug-likeness (QED) is 0.544. The summed E-state index contributed by atoms with van der Waals surface area (Å²) in [6.45, 7) is 3.99. The van der Waals surface area contributed by atoms with Gasteiger partial charge in [0.15, 0.2) is 0 Å². The van der Waals surface area contributed by atoms with Crippen molar-refractivity contribution in [3.8, 4) is 0 Å². The van der Waals surface area contributed by atoms with Gasteiger partial charge in [-0.15, -0.1) is 0 Å². The SMILES string of the molecule is Cc1cccc(C)n1.[Ar]. The molecule has 0 fully saturated rings. The predicted molar refractivity (Wildman–Crippen MR) is 33.7 cm³/mol. The molecule has 1 heterocycles. The topological polar surface area (TPSA) is 12.9 Å². The maximum Gasteiger partial charge on any atom is 0.0375 e. The third-order valence-electron chi connectivity index (χ3n) is 1.03. The van der Waals surface area contributed by atoms with E-state index in [0.29, 0.717) is 0 Å². The molecule has 0 aromatic carbocycles. The standard InChI is InChI=1S/C7H9N.Ar/c1-6-4-3-5-7(2)8-6;/h3-5H,1-2H3;. The summed E-state index contributed by atoms with van der Waals surface area (Å²) in [6, 6.07) is 6.00. The summed E-state index contributed by atoms with van der Waals surface area (Å²) in [5, 5.41) is 0. The second-order valence-electron chi connectivity index (χ2n) is 1.92. The van der Waals surface area contributed by atoms with E-state index in [9.17, 15) is 0 Å². The number of hydrogen-bond acceptors (Lipinski definition) is 1. The van der Waals surface area contributed by atoms with E-state index in [1.807, 2.05) is 32.0 Å². The van der Waals surface area contributed by atoms with Gasteiger partial charge in [-0.25, -0.2) is 0 Å². The number of pyridine rings is 1. The Kier molecular flexibility index (Phi) is 4.45. The van der Waals surface area contributed by atoms with E-state index in [1.54, 1.807) is 0 Å². The number of rotatable bonds is 0. The molecule has 1 nitrogen and oxygen atoms in total. The fraction of sp³-hybridized carbons (Fsp3) is 0.286. The first-order chi connectivity index (χ1) is 3.79. The van der Waals surface area contributed by atoms with Crippen LogP contribution in [0.2, 0.25) is 0 Å². The molecule has 0 N–H and O–H groups in total. The Labute approximate surface area is 85.5 Å². The Morgan fingerprint density at radius 3 is 1.78 bits per heavy atom. The summed E-state index contributed by atoms with van der Waals surface area (Å²) in [4.78, 5) is 4.17. The van der Waals surface area contributed by atoms with Gasteiger partial charge in [-0.1, -0.05) is 6.07 Å². The first kappa shape index (κ1) is 9.41. The second kappa shape index (κ2) is 4.26. The smallest absolute Gasteiger partial charge is 0.0375 e. The van der Waals surface area contributed by atoms with Crippen molar-refractivity contribution in [3.63, 3.8) is 0 Å². The molecule has 0 unspecified atom stereocenters. The summed E-state index contributed by atoms with van der Waals surface area (Å²) in [5.74, 6) is 0. The van der Waals surface area contributed by atoms with Gasteiger partial charge >= 0.3 is 0 Å². The molecular formula is C7H9ArN. The van der Waals surface area contributed by atoms with Crippen molar-refractivity contribution in [3.05, 3.63) is 29.6 Å². The fourth-order valence-electron chi connectivity index (χ4n) is 0.679. The molecule has 1 aromatic rings. The van der Waals surface area contributed by atoms with Gasteiger partial charge in [0.1, 0.15) is 0 Å². The van der Waals surface area contributed by atoms with E-state index in [0.717, 1.165) is 11.4 Å². The van der Waals surface area contributed by atoms with Gasteiger partial charge < -0.3 is 0 Å². The van der Waals surface area contributed by atoms with Crippen LogP contribution in [0.3, 0.4) is 0 Å². The molecule has 1 aromatic heterocycles. The summed E-state index contributed by atoms with van der Waals surface area (Å²) >= 11 is 0. The molecule has 0 spiro atoms. The molecule has 2 heteroatoms. The van der Waals surface area contributed by atoms with E-state index in [1.165, 1.54) is 0 Å². The molecule has 0 aliphatic rings. The zero-order valence-corrected chi connectivity index (χ0v) is 6.24. The summed E-state index contributed by atoms with van der Waals surface area (Å²) in [6.07, 6.45) is 0. The van der Waals surface area contributed by atoms with Crippen LogP contribution < -0.4 is 0 Å². The Morgan fingerprint density at radius 1 is 1.11 bits per heavy atom. The van der Waals surface area contributed by atoms with Crippen LogP contribution in [0.15, 0.2) is 18.2 Å². The van der Waals surface area contributed by atoms with Gasteiger partial charge in [-0.05, 0) is 26.0 Å². The largest absolute Gasteiger partial charge is 0.258 e. The molecule has 0 aliphatic heterocycles. The van der Waals surface area contributed by atoms with Crippen molar-refractivity contribution in [2.45, 2.75) is 13.8 Å². The first-order valence-electron chi connectivity index (χ1n) is 2.69. The summed E-state index contributed by atoms with van der Waals surface area (Å²) in [5.41, 5.74) is 2.18. The molecule has 9 heavy (non-hydrogen) atoms. The summed E-state index contributed by atoms with van der Waals surface area (Å²) < 4.78 is 0. The maximum atomic E-state index is 4.17. The van der Waals surface area contributed by atoms with E-state index in [4.69, 9.17) is 0 Å². The molecule has 0 saturated heterocycles. The number of hydrogen-bond donors (Lipinski definition) is 0. The zero-order chi connectivity index (χ0) is 5.98. The zero-order valence-electron chi connectivity index (χ0n) is 5.53. The van der Waals surface area contributed by atoms with Crippen molar-refractivity contribution in [1.82, 2.24) is 4.98 Å². The molecule has 1 rings (SSSR count). The Balaban J connectivity index is 0.000000640. The molecule has 0 saturated carbocycles. The number of aryl methyl sites for hydroxylation is 2. The van der Waals surface area contributed by atoms with Crippen molar-refractivity contribution in [1.29, 1.82) is 0 Å². The van der Waals surface area contributed by atoms with Crippen molar-refractivity contribution >= 4 is 0 Å². The predicted octanol–water partition coefficient (Wildman–Crippen LogP) is 1.70. The van der Waals surface area contributed by atoms with Crippen LogP contribution >= 0.6 is 0 Å². The van der Waals surface area contributed by atoms with Crippen molar-refractivity contribution in [2.24, 2.45) is 0 Å². The van der Waals surface area contributed by atoms with E-state index >= 15 is 0 Å². The van der Waals surface area contributed by atoms with Crippen LogP contribution in [0.4, 0.5) is 0 Å². The van der Waals surface area contributed by atoms with Gasteiger partial charge in [-0.2, -0.15) is 0 Å². The van der Waals surface area contributed by atoms with E-state index < -0.39 is 0 Å². The first-order valence-corrected chi connectivity index (χ1v) is 2.69. The number of nitrogens with zero attached hydrogens (tertiary/aromatic N) is 1. The van der Waals surface area contributed by atoms with Gasteiger partial charge in [-0.3, -0.25) is 4.98 Å². The minimum atomic E-state index is 0. The van der Waals surface area contributed by atoms with Crippen molar-refractivity contribution in [2.75, 3.05) is 0 Å². The maximum absolute atomic E-state index is 4.17. The average Bonchev–Trinajstić information content (AvgIpc) is 1.64. The van der Waals surface area contributed by atoms with Crippen LogP contribution in [0.5, 0.6) is 0 Å². The Morgan fingerprint density at radius 2 is 1.56 bits per heavy atom. The molecule has 0 amide bonds. The fourth-order valence-corrected chi connectivity index (χ4v) is 0.679. The van der Waals surface area contributed by atoms with Gasteiger partial charge in [0.25, 0.3) is 0 Å². The van der Waals surface area contributed by atoms with E-state index in [2.05, 4.69) is 4.98 Å². The van der Waals surface area contributed by atoms with E-state index in [-0.39, 0.29) is 37.7 Å². The van der Waals surface area contributed by atoms with Crippen molar-refractivity contribution < 1.29 is 37.7 Å². The average molecular weight is 147 g/mol. The minimum Gasteiger partial charge on any atom is -0.258 e. The summed E-state index contributed by atoms with van der Waals surface area (Å²) in [7, 11) is 0. The normalized spacial score (nSPS) is 8.22. The molecule has 50 valence electrons. The van der Waals surface area contributed by atoms with Gasteiger partial charge in [0.2, 0.25) is 0 Å². The molecule has 0 bridgehead atoms. The van der Waals surface area contributed by atoms with Gasteiger partial charge in [0.05, 0.1) is 0 Å². The third kappa shape index (κ3) is 3.19. The Hall–Kier alpha value is 0.410. The van der Waals surface area contributed by atoms with Crippen LogP contribution in [0.1, 0.15) is 11.4 Å². The van der Waals surface area contributed by atoms with Gasteiger partial charge in [0, 0.05) is 49.1 Å². The second-order valence-corrected chi connectivity index (χ2v) is 1.92. The molecule has 0 radical (unpaired) electrons. The minimum absolute atomic E-state index is 0. The number of aromatic nitrogens is 1. The van der Waals surface area contributed by atoms with Crippen LogP contribution in [0, 0.1) is 51.6 Å². The van der Waals surface area contributed by atoms with Crippen LogP contribution in [-0.4, -0.2) is 4.98 Å². The monoisotopic (exact) mass is 147 g/mol. The molecule has 0 aliphatic carbocycles. The van der Waals surface area contributed by atoms with Crippen LogP contribution in [-0.2, 0) is 0 Å². The molecular weight excluding hydrogens is 138 g/mol.